The van der Waals surface area contributed by atoms with E-state index in [9.17, 15) is 14.2 Å². The average molecular weight is 610 g/mol. The zero-order valence-corrected chi connectivity index (χ0v) is 24.8. The molecular formula is C27H29ClNO7PS2. The minimum absolute atomic E-state index is 0.0415. The Kier molecular flexibility index (Phi) is 12.4. The molecule has 0 bridgehead atoms. The number of benzene rings is 3. The van der Waals surface area contributed by atoms with Crippen LogP contribution in [0.25, 0.3) is 0 Å². The van der Waals surface area contributed by atoms with Crippen LogP contribution in [0.2, 0.25) is 0 Å². The number of alkyl halides is 1. The first-order chi connectivity index (χ1) is 18.9. The van der Waals surface area contributed by atoms with Crippen molar-refractivity contribution in [1.82, 2.24) is 4.90 Å². The molecule has 0 unspecified atom stereocenters. The number of rotatable bonds is 14. The van der Waals surface area contributed by atoms with Crippen molar-refractivity contribution in [3.63, 3.8) is 0 Å². The Labute approximate surface area is 241 Å². The zero-order valence-electron chi connectivity index (χ0n) is 21.5. The fourth-order valence-corrected chi connectivity index (χ4v) is 6.27. The molecular weight excluding hydrogens is 581 g/mol. The van der Waals surface area contributed by atoms with Crippen LogP contribution in [0.5, 0.6) is 11.5 Å². The summed E-state index contributed by atoms with van der Waals surface area (Å²) < 4.78 is 36.9. The van der Waals surface area contributed by atoms with Crippen molar-refractivity contribution in [3.05, 3.63) is 84.4 Å². The molecule has 3 aromatic carbocycles. The Balaban J connectivity index is 1.93. The molecule has 12 heteroatoms. The van der Waals surface area contributed by atoms with Crippen molar-refractivity contribution in [1.29, 1.82) is 0 Å². The highest BCUT2D eigenvalue weighted by Crippen LogP contribution is 2.52. The lowest BCUT2D eigenvalue weighted by Crippen LogP contribution is -2.38. The molecule has 3 rings (SSSR count). The van der Waals surface area contributed by atoms with Gasteiger partial charge in [0.05, 0.1) is 5.88 Å². The van der Waals surface area contributed by atoms with Crippen LogP contribution in [-0.2, 0) is 25.4 Å². The topological polar surface area (TPSA) is 91.4 Å². The third kappa shape index (κ3) is 9.72. The molecule has 39 heavy (non-hydrogen) atoms. The quantitative estimate of drug-likeness (QED) is 0.0817. The van der Waals surface area contributed by atoms with Gasteiger partial charge in [-0.3, -0.25) is 9.69 Å². The number of halogens is 1. The van der Waals surface area contributed by atoms with Crippen LogP contribution in [0, 0.1) is 0 Å². The number of esters is 1. The van der Waals surface area contributed by atoms with Gasteiger partial charge in [0, 0.05) is 9.79 Å². The van der Waals surface area contributed by atoms with Crippen LogP contribution in [-0.4, -0.2) is 54.8 Å². The Morgan fingerprint density at radius 3 is 1.90 bits per heavy atom. The van der Waals surface area contributed by atoms with Gasteiger partial charge in [-0.25, -0.2) is 9.36 Å². The minimum Gasteiger partial charge on any atom is -0.463 e. The molecule has 3 aromatic rings. The molecule has 0 spiro atoms. The molecule has 0 heterocycles. The van der Waals surface area contributed by atoms with E-state index in [0.29, 0.717) is 11.5 Å². The number of amides is 1. The lowest BCUT2D eigenvalue weighted by Gasteiger charge is -2.27. The van der Waals surface area contributed by atoms with Gasteiger partial charge < -0.3 is 18.5 Å². The van der Waals surface area contributed by atoms with Crippen molar-refractivity contribution < 1.29 is 32.7 Å². The summed E-state index contributed by atoms with van der Waals surface area (Å²) in [7, 11) is -4.17. The summed E-state index contributed by atoms with van der Waals surface area (Å²) in [6.07, 6.45) is 2.25. The number of hydrogen-bond acceptors (Lipinski definition) is 9. The van der Waals surface area contributed by atoms with Crippen molar-refractivity contribution in [2.75, 3.05) is 37.8 Å². The Morgan fingerprint density at radius 1 is 0.821 bits per heavy atom. The summed E-state index contributed by atoms with van der Waals surface area (Å²) in [6.45, 7) is -0.640. The molecule has 0 aromatic heterocycles. The fourth-order valence-electron chi connectivity index (χ4n) is 3.31. The van der Waals surface area contributed by atoms with E-state index in [0.717, 1.165) is 20.3 Å². The second kappa shape index (κ2) is 15.7. The van der Waals surface area contributed by atoms with E-state index in [1.165, 1.54) is 23.5 Å². The van der Waals surface area contributed by atoms with Gasteiger partial charge in [0.25, 0.3) is 0 Å². The van der Waals surface area contributed by atoms with E-state index in [1.807, 2.05) is 55.0 Å². The first kappa shape index (κ1) is 30.8. The van der Waals surface area contributed by atoms with Crippen LogP contribution < -0.4 is 9.05 Å². The maximum absolute atomic E-state index is 14.4. The van der Waals surface area contributed by atoms with Gasteiger partial charge in [0.2, 0.25) is 0 Å². The maximum Gasteiger partial charge on any atom is 0.450 e. The van der Waals surface area contributed by atoms with Crippen LogP contribution in [0.3, 0.4) is 0 Å². The number of hydrogen-bond donors (Lipinski definition) is 0. The largest absolute Gasteiger partial charge is 0.463 e. The highest BCUT2D eigenvalue weighted by Gasteiger charge is 2.36. The summed E-state index contributed by atoms with van der Waals surface area (Å²) >= 11 is 8.44. The van der Waals surface area contributed by atoms with E-state index in [4.69, 9.17) is 30.1 Å². The molecule has 8 nitrogen and oxygen atoms in total. The summed E-state index contributed by atoms with van der Waals surface area (Å²) in [5.74, 6) is -0.0197. The van der Waals surface area contributed by atoms with Crippen molar-refractivity contribution >= 4 is 54.8 Å². The lowest BCUT2D eigenvalue weighted by molar-refractivity contribution is -0.143. The van der Waals surface area contributed by atoms with Crippen molar-refractivity contribution in [2.45, 2.75) is 16.4 Å². The van der Waals surface area contributed by atoms with E-state index in [2.05, 4.69) is 0 Å². The van der Waals surface area contributed by atoms with Gasteiger partial charge >= 0.3 is 19.7 Å². The predicted octanol–water partition coefficient (Wildman–Crippen LogP) is 7.16. The SMILES string of the molecule is CSc1ccccc1OP(=O)(CN(CC(=O)OCCCl)C(=O)OCc1ccccc1)Oc1ccccc1SC. The fraction of sp³-hybridized carbons (Fsp3) is 0.259. The smallest absolute Gasteiger partial charge is 0.450 e. The van der Waals surface area contributed by atoms with Crippen LogP contribution in [0.4, 0.5) is 4.79 Å². The van der Waals surface area contributed by atoms with E-state index >= 15 is 0 Å². The molecule has 1 amide bonds. The maximum atomic E-state index is 14.4. The normalized spacial score (nSPS) is 10.9. The van der Waals surface area contributed by atoms with E-state index in [-0.39, 0.29) is 19.1 Å². The number of ether oxygens (including phenoxy) is 2. The number of carbonyl (C=O) groups is 2. The first-order valence-corrected chi connectivity index (χ1v) is 16.5. The van der Waals surface area contributed by atoms with Gasteiger partial charge in [0.15, 0.2) is 0 Å². The minimum atomic E-state index is -4.17. The van der Waals surface area contributed by atoms with Crippen molar-refractivity contribution in [2.24, 2.45) is 0 Å². The Morgan fingerprint density at radius 2 is 1.36 bits per heavy atom. The summed E-state index contributed by atoms with van der Waals surface area (Å²) in [5, 5.41) is 0. The first-order valence-electron chi connectivity index (χ1n) is 11.8. The van der Waals surface area contributed by atoms with Gasteiger partial charge in [-0.2, -0.15) is 0 Å². The molecule has 0 radical (unpaired) electrons. The van der Waals surface area contributed by atoms with Gasteiger partial charge in [0.1, 0.15) is 37.5 Å². The molecule has 0 aliphatic rings. The highest BCUT2D eigenvalue weighted by molar-refractivity contribution is 7.99. The lowest BCUT2D eigenvalue weighted by atomic mass is 10.2. The van der Waals surface area contributed by atoms with Crippen LogP contribution >= 0.6 is 42.7 Å². The van der Waals surface area contributed by atoms with E-state index < -0.39 is 32.5 Å². The second-order valence-corrected chi connectivity index (χ2v) is 11.8. The third-order valence-electron chi connectivity index (χ3n) is 5.08. The number of nitrogens with zero attached hydrogens (tertiary/aromatic N) is 1. The Bertz CT molecular complexity index is 1230. The van der Waals surface area contributed by atoms with Gasteiger partial charge in [-0.1, -0.05) is 54.6 Å². The summed E-state index contributed by atoms with van der Waals surface area (Å²) in [4.78, 5) is 28.1. The second-order valence-electron chi connectivity index (χ2n) is 7.88. The Hall–Kier alpha value is -2.78. The molecule has 0 aliphatic heterocycles. The van der Waals surface area contributed by atoms with Gasteiger partial charge in [-0.05, 0) is 42.3 Å². The van der Waals surface area contributed by atoms with Crippen LogP contribution in [0.1, 0.15) is 5.56 Å². The molecule has 0 atom stereocenters. The predicted molar refractivity (Wildman–Crippen MR) is 155 cm³/mol. The number of carbonyl (C=O) groups excluding carboxylic acids is 2. The van der Waals surface area contributed by atoms with Crippen molar-refractivity contribution in [3.8, 4) is 11.5 Å². The number of thioether (sulfide) groups is 2. The molecule has 0 N–H and O–H groups in total. The molecule has 208 valence electrons. The summed E-state index contributed by atoms with van der Waals surface area (Å²) in [6, 6.07) is 23.1. The molecule has 0 fully saturated rings. The molecule has 0 aliphatic carbocycles. The van der Waals surface area contributed by atoms with Crippen LogP contribution in [0.15, 0.2) is 88.7 Å². The van der Waals surface area contributed by atoms with E-state index in [1.54, 1.807) is 36.4 Å². The zero-order chi connectivity index (χ0) is 28.1. The standard InChI is InChI=1S/C27H29ClNO7PS2/c1-38-24-14-8-6-12-22(24)35-37(32,36-23-13-7-9-15-25(23)39-2)20-29(18-26(30)33-17-16-28)27(31)34-19-21-10-4-3-5-11-21/h3-15H,16-20H2,1-2H3. The monoisotopic (exact) mass is 609 g/mol. The van der Waals surface area contributed by atoms with Gasteiger partial charge in [-0.15, -0.1) is 35.1 Å². The molecule has 0 saturated heterocycles. The summed E-state index contributed by atoms with van der Waals surface area (Å²) in [5.41, 5.74) is 0.744. The average Bonchev–Trinajstić information content (AvgIpc) is 2.95. The highest BCUT2D eigenvalue weighted by atomic mass is 35.5. The third-order valence-corrected chi connectivity index (χ3v) is 8.43. The number of para-hydroxylation sites is 2. The molecule has 0 saturated carbocycles.